The molecular weight excluding hydrogens is 329 g/mol. The van der Waals surface area contributed by atoms with Gasteiger partial charge in [0.15, 0.2) is 0 Å². The van der Waals surface area contributed by atoms with Gasteiger partial charge in [0.2, 0.25) is 0 Å². The third-order valence-corrected chi connectivity index (χ3v) is 5.31. The van der Waals surface area contributed by atoms with Crippen LogP contribution >= 0.6 is 24.8 Å². The summed E-state index contributed by atoms with van der Waals surface area (Å²) in [5.74, 6) is 0.843. The van der Waals surface area contributed by atoms with Crippen molar-refractivity contribution in [2.24, 2.45) is 5.92 Å². The largest absolute Gasteiger partial charge is 0.361 e. The predicted octanol–water partition coefficient (Wildman–Crippen LogP) is 4.15. The Bertz CT molecular complexity index is 601. The monoisotopic (exact) mass is 355 g/mol. The molecule has 0 unspecified atom stereocenters. The number of aromatic nitrogens is 1. The maximum atomic E-state index is 3.49. The van der Waals surface area contributed by atoms with Crippen LogP contribution < -0.4 is 5.32 Å². The van der Waals surface area contributed by atoms with E-state index in [1.54, 1.807) is 0 Å². The number of piperazine rings is 1. The molecule has 23 heavy (non-hydrogen) atoms. The van der Waals surface area contributed by atoms with Gasteiger partial charge in [0.25, 0.3) is 0 Å². The van der Waals surface area contributed by atoms with Crippen LogP contribution in [0.4, 0.5) is 0 Å². The second-order valence-electron chi connectivity index (χ2n) is 6.60. The highest BCUT2D eigenvalue weighted by Crippen LogP contribution is 2.40. The van der Waals surface area contributed by atoms with Crippen molar-refractivity contribution in [1.82, 2.24) is 15.2 Å². The Morgan fingerprint density at radius 1 is 1.00 bits per heavy atom. The number of fused-ring (bicyclic) bond motifs is 1. The Hall–Kier alpha value is -0.740. The van der Waals surface area contributed by atoms with Crippen LogP contribution in [-0.4, -0.2) is 36.1 Å². The highest BCUT2D eigenvalue weighted by Gasteiger charge is 2.31. The molecule has 2 aromatic rings. The lowest BCUT2D eigenvalue weighted by Crippen LogP contribution is -2.46. The lowest BCUT2D eigenvalue weighted by Gasteiger charge is -2.38. The minimum atomic E-state index is 0. The number of nitrogens with one attached hydrogen (secondary N) is 2. The lowest BCUT2D eigenvalue weighted by molar-refractivity contribution is 0.125. The quantitative estimate of drug-likeness (QED) is 0.866. The summed E-state index contributed by atoms with van der Waals surface area (Å²) in [7, 11) is 0. The van der Waals surface area contributed by atoms with Crippen molar-refractivity contribution in [3.05, 3.63) is 36.0 Å². The highest BCUT2D eigenvalue weighted by molar-refractivity contribution is 5.85. The van der Waals surface area contributed by atoms with E-state index >= 15 is 0 Å². The molecule has 128 valence electrons. The van der Waals surface area contributed by atoms with Crippen LogP contribution in [-0.2, 0) is 0 Å². The van der Waals surface area contributed by atoms with Gasteiger partial charge in [0.05, 0.1) is 0 Å². The van der Waals surface area contributed by atoms with Crippen LogP contribution in [0.5, 0.6) is 0 Å². The molecule has 3 nitrogen and oxygen atoms in total. The van der Waals surface area contributed by atoms with Crippen molar-refractivity contribution in [2.45, 2.75) is 31.7 Å². The molecule has 0 amide bonds. The maximum absolute atomic E-state index is 3.49. The Kier molecular flexibility index (Phi) is 6.78. The van der Waals surface area contributed by atoms with Gasteiger partial charge in [-0.2, -0.15) is 0 Å². The van der Waals surface area contributed by atoms with E-state index in [0.29, 0.717) is 6.04 Å². The molecule has 2 fully saturated rings. The Morgan fingerprint density at radius 2 is 1.74 bits per heavy atom. The lowest BCUT2D eigenvalue weighted by atomic mass is 9.89. The number of benzene rings is 1. The molecule has 1 aliphatic heterocycles. The molecule has 0 spiro atoms. The summed E-state index contributed by atoms with van der Waals surface area (Å²) in [4.78, 5) is 6.10. The summed E-state index contributed by atoms with van der Waals surface area (Å²) in [5.41, 5.74) is 2.80. The molecule has 1 aliphatic carbocycles. The fourth-order valence-corrected chi connectivity index (χ4v) is 4.26. The van der Waals surface area contributed by atoms with E-state index in [1.807, 2.05) is 6.20 Å². The summed E-state index contributed by atoms with van der Waals surface area (Å²) in [6.07, 6.45) is 7.68. The zero-order chi connectivity index (χ0) is 14.1. The van der Waals surface area contributed by atoms with Gasteiger partial charge in [-0.25, -0.2) is 0 Å². The molecule has 1 atom stereocenters. The second-order valence-corrected chi connectivity index (χ2v) is 6.60. The minimum Gasteiger partial charge on any atom is -0.361 e. The molecule has 1 aromatic heterocycles. The summed E-state index contributed by atoms with van der Waals surface area (Å²) in [6, 6.07) is 9.81. The van der Waals surface area contributed by atoms with E-state index in [4.69, 9.17) is 0 Å². The van der Waals surface area contributed by atoms with Crippen molar-refractivity contribution in [1.29, 1.82) is 0 Å². The van der Waals surface area contributed by atoms with Gasteiger partial charge in [-0.05, 0) is 41.8 Å². The number of hydrogen-bond donors (Lipinski definition) is 2. The Morgan fingerprint density at radius 3 is 2.48 bits per heavy atom. The van der Waals surface area contributed by atoms with Crippen LogP contribution in [0.25, 0.3) is 10.9 Å². The number of aromatic amines is 1. The first-order chi connectivity index (χ1) is 10.4. The molecule has 5 heteroatoms. The van der Waals surface area contributed by atoms with Gasteiger partial charge in [-0.1, -0.05) is 25.0 Å². The summed E-state index contributed by atoms with van der Waals surface area (Å²) in [5, 5.41) is 4.81. The molecule has 2 N–H and O–H groups in total. The third-order valence-electron chi connectivity index (χ3n) is 5.31. The van der Waals surface area contributed by atoms with Gasteiger partial charge in [0.1, 0.15) is 0 Å². The molecule has 1 saturated carbocycles. The zero-order valence-electron chi connectivity index (χ0n) is 13.5. The molecule has 1 saturated heterocycles. The molecule has 0 radical (unpaired) electrons. The summed E-state index contributed by atoms with van der Waals surface area (Å²) >= 11 is 0. The van der Waals surface area contributed by atoms with Crippen LogP contribution in [0.15, 0.2) is 30.5 Å². The van der Waals surface area contributed by atoms with Crippen molar-refractivity contribution in [3.63, 3.8) is 0 Å². The first kappa shape index (κ1) is 18.6. The molecule has 2 aliphatic rings. The Balaban J connectivity index is 0.000000960. The van der Waals surface area contributed by atoms with Crippen LogP contribution in [0.1, 0.15) is 37.3 Å². The Labute approximate surface area is 151 Å². The van der Waals surface area contributed by atoms with E-state index in [-0.39, 0.29) is 24.8 Å². The van der Waals surface area contributed by atoms with E-state index in [1.165, 1.54) is 55.2 Å². The normalized spacial score (nSPS) is 20.9. The van der Waals surface area contributed by atoms with Crippen LogP contribution in [0, 0.1) is 5.92 Å². The number of halogens is 2. The molecular formula is C18H27Cl2N3. The third kappa shape index (κ3) is 3.85. The number of hydrogen-bond acceptors (Lipinski definition) is 2. The zero-order valence-corrected chi connectivity index (χ0v) is 15.1. The van der Waals surface area contributed by atoms with Gasteiger partial charge < -0.3 is 10.3 Å². The standard InChI is InChI=1S/C18H25N3.2ClH/c1-2-4-15(3-1)18(21-11-9-19-10-12-21)16-6-5-14-7-8-20-17(14)13-16;;/h5-8,13,15,18-20H,1-4,9-12H2;2*1H/t18-;;/m1../s1. The van der Waals surface area contributed by atoms with E-state index in [9.17, 15) is 0 Å². The van der Waals surface area contributed by atoms with E-state index in [0.717, 1.165) is 19.0 Å². The van der Waals surface area contributed by atoms with Gasteiger partial charge >= 0.3 is 0 Å². The number of nitrogens with zero attached hydrogens (tertiary/aromatic N) is 1. The van der Waals surface area contributed by atoms with E-state index in [2.05, 4.69) is 39.5 Å². The summed E-state index contributed by atoms with van der Waals surface area (Å²) in [6.45, 7) is 4.63. The fraction of sp³-hybridized carbons (Fsp3) is 0.556. The van der Waals surface area contributed by atoms with Crippen molar-refractivity contribution in [2.75, 3.05) is 26.2 Å². The minimum absolute atomic E-state index is 0. The van der Waals surface area contributed by atoms with Gasteiger partial charge in [0, 0.05) is 43.9 Å². The van der Waals surface area contributed by atoms with Crippen molar-refractivity contribution in [3.8, 4) is 0 Å². The SMILES string of the molecule is Cl.Cl.c1cc2ccc([C@@H](C3CCCC3)N3CCNCC3)cc2[nH]1. The van der Waals surface area contributed by atoms with E-state index < -0.39 is 0 Å². The fourth-order valence-electron chi connectivity index (χ4n) is 4.26. The smallest absolute Gasteiger partial charge is 0.0457 e. The molecule has 0 bridgehead atoms. The van der Waals surface area contributed by atoms with Crippen LogP contribution in [0.2, 0.25) is 0 Å². The average molecular weight is 356 g/mol. The number of H-pyrrole nitrogens is 1. The first-order valence-electron chi connectivity index (χ1n) is 8.43. The van der Waals surface area contributed by atoms with Gasteiger partial charge in [-0.15, -0.1) is 24.8 Å². The maximum Gasteiger partial charge on any atom is 0.0457 e. The average Bonchev–Trinajstić information content (AvgIpc) is 3.19. The van der Waals surface area contributed by atoms with Crippen molar-refractivity contribution < 1.29 is 0 Å². The highest BCUT2D eigenvalue weighted by atomic mass is 35.5. The van der Waals surface area contributed by atoms with Gasteiger partial charge in [-0.3, -0.25) is 4.90 Å². The molecule has 4 rings (SSSR count). The predicted molar refractivity (Wildman–Crippen MR) is 102 cm³/mol. The number of rotatable bonds is 3. The first-order valence-corrected chi connectivity index (χ1v) is 8.43. The topological polar surface area (TPSA) is 31.1 Å². The molecule has 2 heterocycles. The van der Waals surface area contributed by atoms with Crippen molar-refractivity contribution >= 4 is 35.7 Å². The molecule has 1 aromatic carbocycles. The second kappa shape index (κ2) is 8.39. The summed E-state index contributed by atoms with van der Waals surface area (Å²) < 4.78 is 0. The van der Waals surface area contributed by atoms with Crippen LogP contribution in [0.3, 0.4) is 0 Å².